The largest absolute Gasteiger partial charge is 0.378 e. The van der Waals surface area contributed by atoms with Gasteiger partial charge < -0.3 is 9.64 Å². The Balaban J connectivity index is 1.93. The Kier molecular flexibility index (Phi) is 2.65. The minimum absolute atomic E-state index is 0.164. The fourth-order valence-corrected chi connectivity index (χ4v) is 2.23. The van der Waals surface area contributed by atoms with E-state index in [-0.39, 0.29) is 5.78 Å². The second kappa shape index (κ2) is 4.30. The lowest BCUT2D eigenvalue weighted by Gasteiger charge is -2.31. The van der Waals surface area contributed by atoms with Crippen LogP contribution >= 0.6 is 0 Å². The van der Waals surface area contributed by atoms with Gasteiger partial charge in [0, 0.05) is 18.7 Å². The summed E-state index contributed by atoms with van der Waals surface area (Å²) in [6.45, 7) is 3.09. The fourth-order valence-electron chi connectivity index (χ4n) is 2.23. The summed E-state index contributed by atoms with van der Waals surface area (Å²) in [4.78, 5) is 18.7. The molecule has 0 unspecified atom stereocenters. The molecule has 0 aliphatic carbocycles. The number of amidine groups is 1. The normalized spacial score (nSPS) is 19.9. The zero-order valence-corrected chi connectivity index (χ0v) is 9.56. The van der Waals surface area contributed by atoms with Gasteiger partial charge in [0.2, 0.25) is 0 Å². The predicted molar refractivity (Wildman–Crippen MR) is 64.9 cm³/mol. The van der Waals surface area contributed by atoms with E-state index in [1.165, 1.54) is 0 Å². The lowest BCUT2D eigenvalue weighted by atomic mass is 10.0. The number of carbonyl (C=O) groups is 1. The van der Waals surface area contributed by atoms with E-state index in [4.69, 9.17) is 4.74 Å². The van der Waals surface area contributed by atoms with Crippen molar-refractivity contribution in [3.8, 4) is 0 Å². The van der Waals surface area contributed by atoms with E-state index < -0.39 is 0 Å². The minimum Gasteiger partial charge on any atom is -0.378 e. The van der Waals surface area contributed by atoms with Gasteiger partial charge >= 0.3 is 0 Å². The van der Waals surface area contributed by atoms with Gasteiger partial charge in [0.1, 0.15) is 5.84 Å². The highest BCUT2D eigenvalue weighted by molar-refractivity contribution is 6.15. The number of ketones is 1. The van der Waals surface area contributed by atoms with Crippen molar-refractivity contribution in [1.29, 1.82) is 0 Å². The molecule has 3 rings (SSSR count). The van der Waals surface area contributed by atoms with Crippen molar-refractivity contribution in [3.05, 3.63) is 29.8 Å². The van der Waals surface area contributed by atoms with Crippen LogP contribution in [0.4, 0.5) is 5.69 Å². The molecule has 2 heterocycles. The third-order valence-corrected chi connectivity index (χ3v) is 3.15. The van der Waals surface area contributed by atoms with Crippen molar-refractivity contribution < 1.29 is 9.53 Å². The molecule has 1 fully saturated rings. The molecule has 4 nitrogen and oxygen atoms in total. The lowest BCUT2D eigenvalue weighted by Crippen LogP contribution is -2.42. The van der Waals surface area contributed by atoms with Gasteiger partial charge in [0.25, 0.3) is 0 Å². The second-order valence-corrected chi connectivity index (χ2v) is 4.24. The third kappa shape index (κ3) is 1.96. The zero-order valence-electron chi connectivity index (χ0n) is 9.56. The predicted octanol–water partition coefficient (Wildman–Crippen LogP) is 1.64. The number of morpholine rings is 1. The molecule has 0 saturated carbocycles. The first-order chi connectivity index (χ1) is 8.34. The number of ether oxygens (including phenoxy) is 1. The monoisotopic (exact) mass is 230 g/mol. The number of Topliss-reactive ketones (excluding diaryl/α,β-unsaturated/α-hetero) is 1. The Labute approximate surface area is 99.9 Å². The molecule has 0 amide bonds. The first kappa shape index (κ1) is 10.5. The van der Waals surface area contributed by atoms with Crippen molar-refractivity contribution in [2.75, 3.05) is 26.3 Å². The summed E-state index contributed by atoms with van der Waals surface area (Å²) >= 11 is 0. The first-order valence-electron chi connectivity index (χ1n) is 5.87. The standard InChI is InChI=1S/C13H14N2O2/c16-12-9-13(15-5-7-17-8-6-15)14-11-4-2-1-3-10(11)12/h1-4H,5-9H2. The molecule has 0 aromatic heterocycles. The van der Waals surface area contributed by atoms with Crippen LogP contribution in [0.3, 0.4) is 0 Å². The van der Waals surface area contributed by atoms with Gasteiger partial charge in [-0.3, -0.25) is 4.79 Å². The van der Waals surface area contributed by atoms with Crippen molar-refractivity contribution in [3.63, 3.8) is 0 Å². The lowest BCUT2D eigenvalue weighted by molar-refractivity contribution is 0.0665. The van der Waals surface area contributed by atoms with Crippen LogP contribution in [-0.2, 0) is 4.74 Å². The van der Waals surface area contributed by atoms with Crippen LogP contribution in [0.1, 0.15) is 16.8 Å². The molecule has 0 N–H and O–H groups in total. The number of nitrogens with zero attached hydrogens (tertiary/aromatic N) is 2. The summed E-state index contributed by atoms with van der Waals surface area (Å²) in [7, 11) is 0. The highest BCUT2D eigenvalue weighted by Gasteiger charge is 2.24. The molecule has 2 aliphatic rings. The SMILES string of the molecule is O=C1CC(N2CCOCC2)=Nc2ccccc21. The first-order valence-corrected chi connectivity index (χ1v) is 5.87. The highest BCUT2D eigenvalue weighted by atomic mass is 16.5. The highest BCUT2D eigenvalue weighted by Crippen LogP contribution is 2.26. The molecule has 88 valence electrons. The van der Waals surface area contributed by atoms with Gasteiger partial charge in [-0.15, -0.1) is 0 Å². The molecule has 0 spiro atoms. The number of hydrogen-bond acceptors (Lipinski definition) is 4. The van der Waals surface area contributed by atoms with E-state index in [0.717, 1.165) is 43.4 Å². The summed E-state index contributed by atoms with van der Waals surface area (Å²) in [5, 5.41) is 0. The quantitative estimate of drug-likeness (QED) is 0.680. The molecule has 1 aromatic rings. The van der Waals surface area contributed by atoms with E-state index in [2.05, 4.69) is 9.89 Å². The Morgan fingerprint density at radius 2 is 1.94 bits per heavy atom. The molecular weight excluding hydrogens is 216 g/mol. The van der Waals surface area contributed by atoms with Crippen LogP contribution in [0.25, 0.3) is 0 Å². The summed E-state index contributed by atoms with van der Waals surface area (Å²) in [5.74, 6) is 1.05. The average Bonchev–Trinajstić information content (AvgIpc) is 2.40. The maximum Gasteiger partial charge on any atom is 0.172 e. The van der Waals surface area contributed by atoms with Gasteiger partial charge in [-0.25, -0.2) is 4.99 Å². The number of para-hydroxylation sites is 1. The molecule has 0 radical (unpaired) electrons. The van der Waals surface area contributed by atoms with Gasteiger partial charge in [-0.2, -0.15) is 0 Å². The molecule has 2 aliphatic heterocycles. The average molecular weight is 230 g/mol. The van der Waals surface area contributed by atoms with Crippen LogP contribution in [0.15, 0.2) is 29.3 Å². The second-order valence-electron chi connectivity index (χ2n) is 4.24. The van der Waals surface area contributed by atoms with Crippen LogP contribution in [0, 0.1) is 0 Å². The molecule has 4 heteroatoms. The molecule has 0 atom stereocenters. The fraction of sp³-hybridized carbons (Fsp3) is 0.385. The molecule has 1 aromatic carbocycles. The topological polar surface area (TPSA) is 41.9 Å². The molecule has 0 bridgehead atoms. The zero-order chi connectivity index (χ0) is 11.7. The van der Waals surface area contributed by atoms with Gasteiger partial charge in [-0.1, -0.05) is 12.1 Å². The van der Waals surface area contributed by atoms with Crippen molar-refractivity contribution in [1.82, 2.24) is 4.90 Å². The van der Waals surface area contributed by atoms with E-state index in [1.807, 2.05) is 24.3 Å². The Morgan fingerprint density at radius 1 is 1.18 bits per heavy atom. The Hall–Kier alpha value is -1.68. The van der Waals surface area contributed by atoms with Crippen LogP contribution < -0.4 is 0 Å². The molecular formula is C13H14N2O2. The van der Waals surface area contributed by atoms with Crippen molar-refractivity contribution in [2.45, 2.75) is 6.42 Å². The number of benzene rings is 1. The maximum absolute atomic E-state index is 12.0. The van der Waals surface area contributed by atoms with Gasteiger partial charge in [0.15, 0.2) is 5.78 Å². The van der Waals surface area contributed by atoms with Crippen LogP contribution in [0.5, 0.6) is 0 Å². The number of hydrogen-bond donors (Lipinski definition) is 0. The number of rotatable bonds is 0. The number of aliphatic imine (C=N–C) groups is 1. The summed E-state index contributed by atoms with van der Waals surface area (Å²) in [6.07, 6.45) is 0.414. The maximum atomic E-state index is 12.0. The minimum atomic E-state index is 0.164. The summed E-state index contributed by atoms with van der Waals surface area (Å²) in [6, 6.07) is 7.54. The van der Waals surface area contributed by atoms with Crippen molar-refractivity contribution in [2.24, 2.45) is 4.99 Å². The van der Waals surface area contributed by atoms with E-state index >= 15 is 0 Å². The van der Waals surface area contributed by atoms with Crippen LogP contribution in [-0.4, -0.2) is 42.8 Å². The Bertz CT molecular complexity index is 476. The summed E-state index contributed by atoms with van der Waals surface area (Å²) < 4.78 is 5.31. The van der Waals surface area contributed by atoms with Crippen molar-refractivity contribution >= 4 is 17.3 Å². The smallest absolute Gasteiger partial charge is 0.172 e. The molecule has 17 heavy (non-hydrogen) atoms. The molecule has 1 saturated heterocycles. The van der Waals surface area contributed by atoms with E-state index in [1.54, 1.807) is 0 Å². The number of fused-ring (bicyclic) bond motifs is 1. The van der Waals surface area contributed by atoms with E-state index in [0.29, 0.717) is 6.42 Å². The van der Waals surface area contributed by atoms with Gasteiger partial charge in [-0.05, 0) is 12.1 Å². The van der Waals surface area contributed by atoms with Crippen LogP contribution in [0.2, 0.25) is 0 Å². The third-order valence-electron chi connectivity index (χ3n) is 3.15. The number of carbonyl (C=O) groups excluding carboxylic acids is 1. The van der Waals surface area contributed by atoms with E-state index in [9.17, 15) is 4.79 Å². The van der Waals surface area contributed by atoms with Gasteiger partial charge in [0.05, 0.1) is 25.3 Å². The Morgan fingerprint density at radius 3 is 2.76 bits per heavy atom. The summed E-state index contributed by atoms with van der Waals surface area (Å²) in [5.41, 5.74) is 1.54.